The number of amides is 1. The third-order valence-corrected chi connectivity index (χ3v) is 3.28. The maximum atomic E-state index is 12.2. The molecule has 22 heavy (non-hydrogen) atoms. The second-order valence-corrected chi connectivity index (χ2v) is 5.40. The average molecular weight is 344 g/mol. The Morgan fingerprint density at radius 1 is 1.18 bits per heavy atom. The first-order valence-electron chi connectivity index (χ1n) is 6.92. The average Bonchev–Trinajstić information content (AvgIpc) is 2.44. The highest BCUT2D eigenvalue weighted by molar-refractivity contribution is 5.97. The summed E-state index contributed by atoms with van der Waals surface area (Å²) in [5.74, 6) is 0.475. The first-order valence-corrected chi connectivity index (χ1v) is 6.92. The maximum Gasteiger partial charge on any atom is 0.241 e. The minimum Gasteiger partial charge on any atom is -0.325 e. The van der Waals surface area contributed by atoms with Gasteiger partial charge >= 0.3 is 0 Å². The molecule has 0 bridgehead atoms. The van der Waals surface area contributed by atoms with Gasteiger partial charge in [0, 0.05) is 23.5 Å². The number of fused-ring (bicyclic) bond motifs is 1. The number of rotatable bonds is 5. The minimum absolute atomic E-state index is 0. The molecule has 0 aliphatic rings. The van der Waals surface area contributed by atoms with Crippen LogP contribution in [0.4, 0.5) is 5.69 Å². The van der Waals surface area contributed by atoms with E-state index in [9.17, 15) is 4.79 Å². The highest BCUT2D eigenvalue weighted by Crippen LogP contribution is 2.18. The zero-order valence-electron chi connectivity index (χ0n) is 13.0. The lowest BCUT2D eigenvalue weighted by molar-refractivity contribution is -0.118. The van der Waals surface area contributed by atoms with E-state index in [4.69, 9.17) is 0 Å². The second kappa shape index (κ2) is 9.62. The molecule has 0 unspecified atom stereocenters. The molecule has 0 fully saturated rings. The number of anilines is 1. The van der Waals surface area contributed by atoms with Crippen molar-refractivity contribution >= 4 is 47.2 Å². The number of hydrogen-bond acceptors (Lipinski definition) is 3. The van der Waals surface area contributed by atoms with Gasteiger partial charge in [-0.05, 0) is 43.0 Å². The Balaban J connectivity index is 0.00000220. The zero-order valence-corrected chi connectivity index (χ0v) is 14.6. The van der Waals surface area contributed by atoms with E-state index in [0.29, 0.717) is 5.92 Å². The van der Waals surface area contributed by atoms with E-state index in [1.165, 1.54) is 0 Å². The normalized spacial score (nSPS) is 11.5. The van der Waals surface area contributed by atoms with Crippen molar-refractivity contribution in [2.24, 2.45) is 5.92 Å². The molecule has 1 heterocycles. The quantitative estimate of drug-likeness (QED) is 0.871. The van der Waals surface area contributed by atoms with Crippen LogP contribution in [0.1, 0.15) is 20.3 Å². The molecule has 1 aromatic carbocycles. The maximum absolute atomic E-state index is 12.2. The number of hydrogen-bond donors (Lipinski definition) is 2. The van der Waals surface area contributed by atoms with Crippen LogP contribution in [-0.2, 0) is 4.79 Å². The number of pyridine rings is 1. The number of benzene rings is 1. The predicted octanol–water partition coefficient (Wildman–Crippen LogP) is 3.65. The van der Waals surface area contributed by atoms with Gasteiger partial charge in [-0.25, -0.2) is 0 Å². The third kappa shape index (κ3) is 5.44. The molecule has 1 aromatic heterocycles. The predicted molar refractivity (Wildman–Crippen MR) is 97.2 cm³/mol. The Morgan fingerprint density at radius 2 is 1.91 bits per heavy atom. The number of carbonyl (C=O) groups excluding carboxylic acids is 1. The van der Waals surface area contributed by atoms with Crippen LogP contribution < -0.4 is 10.6 Å². The standard InChI is InChI=1S/C16H21N3O.2ClH/c1-11(2)8-15(17-3)16(20)19-14-5-4-12-6-7-18-10-13(12)9-14;;/h4-7,9-11,15,17H,8H2,1-3H3,(H,19,20);2*1H/t15-;;/m0../s1. The van der Waals surface area contributed by atoms with Crippen molar-refractivity contribution in [3.8, 4) is 0 Å². The van der Waals surface area contributed by atoms with Crippen LogP contribution in [0.5, 0.6) is 0 Å². The van der Waals surface area contributed by atoms with Crippen molar-refractivity contribution in [3.63, 3.8) is 0 Å². The van der Waals surface area contributed by atoms with Gasteiger partial charge in [-0.3, -0.25) is 9.78 Å². The van der Waals surface area contributed by atoms with Crippen LogP contribution >= 0.6 is 24.8 Å². The topological polar surface area (TPSA) is 54.0 Å². The Morgan fingerprint density at radius 3 is 2.55 bits per heavy atom. The van der Waals surface area contributed by atoms with E-state index in [1.54, 1.807) is 12.4 Å². The molecular weight excluding hydrogens is 321 g/mol. The Bertz CT molecular complexity index is 605. The summed E-state index contributed by atoms with van der Waals surface area (Å²) in [4.78, 5) is 16.3. The number of nitrogens with zero attached hydrogens (tertiary/aromatic N) is 1. The first kappa shape index (κ1) is 20.6. The van der Waals surface area contributed by atoms with Crippen molar-refractivity contribution < 1.29 is 4.79 Å². The summed E-state index contributed by atoms with van der Waals surface area (Å²) in [6.45, 7) is 4.22. The fraction of sp³-hybridized carbons (Fsp3) is 0.375. The lowest BCUT2D eigenvalue weighted by Gasteiger charge is -2.18. The molecule has 2 rings (SSSR count). The SMILES string of the molecule is CN[C@@H](CC(C)C)C(=O)Nc1ccc2ccncc2c1.Cl.Cl. The van der Waals surface area contributed by atoms with E-state index >= 15 is 0 Å². The fourth-order valence-electron chi connectivity index (χ4n) is 2.22. The molecular formula is C16H23Cl2N3O. The molecule has 4 nitrogen and oxygen atoms in total. The fourth-order valence-corrected chi connectivity index (χ4v) is 2.22. The summed E-state index contributed by atoms with van der Waals surface area (Å²) in [5, 5.41) is 8.17. The van der Waals surface area contributed by atoms with Crippen molar-refractivity contribution in [3.05, 3.63) is 36.7 Å². The van der Waals surface area contributed by atoms with Gasteiger partial charge in [0.2, 0.25) is 5.91 Å². The van der Waals surface area contributed by atoms with Gasteiger partial charge in [0.05, 0.1) is 6.04 Å². The van der Waals surface area contributed by atoms with Crippen LogP contribution in [0.15, 0.2) is 36.7 Å². The highest BCUT2D eigenvalue weighted by atomic mass is 35.5. The van der Waals surface area contributed by atoms with Crippen molar-refractivity contribution in [1.29, 1.82) is 0 Å². The van der Waals surface area contributed by atoms with Gasteiger partial charge < -0.3 is 10.6 Å². The van der Waals surface area contributed by atoms with Gasteiger partial charge in [0.15, 0.2) is 0 Å². The van der Waals surface area contributed by atoms with Gasteiger partial charge in [-0.15, -0.1) is 24.8 Å². The summed E-state index contributed by atoms with van der Waals surface area (Å²) in [6.07, 6.45) is 4.38. The molecule has 0 saturated carbocycles. The minimum atomic E-state index is -0.167. The monoisotopic (exact) mass is 343 g/mol. The Kier molecular flexibility index (Phi) is 9.02. The molecule has 0 aliphatic heterocycles. The number of nitrogens with one attached hydrogen (secondary N) is 2. The van der Waals surface area contributed by atoms with Gasteiger partial charge in [0.1, 0.15) is 0 Å². The van der Waals surface area contributed by atoms with Crippen molar-refractivity contribution in [2.75, 3.05) is 12.4 Å². The Hall–Kier alpha value is -1.36. The summed E-state index contributed by atoms with van der Waals surface area (Å²) in [5.41, 5.74) is 0.805. The van der Waals surface area contributed by atoms with E-state index in [-0.39, 0.29) is 36.8 Å². The molecule has 1 atom stereocenters. The summed E-state index contributed by atoms with van der Waals surface area (Å²) >= 11 is 0. The second-order valence-electron chi connectivity index (χ2n) is 5.40. The Labute approximate surface area is 143 Å². The number of carbonyl (C=O) groups is 1. The number of halogens is 2. The molecule has 1 amide bonds. The van der Waals surface area contributed by atoms with Crippen LogP contribution in [0.2, 0.25) is 0 Å². The largest absolute Gasteiger partial charge is 0.325 e. The molecule has 0 aliphatic carbocycles. The van der Waals surface area contributed by atoms with Crippen LogP contribution in [0, 0.1) is 5.92 Å². The lowest BCUT2D eigenvalue weighted by atomic mass is 10.0. The number of aromatic nitrogens is 1. The number of likely N-dealkylation sites (N-methyl/N-ethyl adjacent to an activating group) is 1. The molecule has 6 heteroatoms. The van der Waals surface area contributed by atoms with Gasteiger partial charge in [-0.1, -0.05) is 19.9 Å². The van der Waals surface area contributed by atoms with E-state index < -0.39 is 0 Å². The van der Waals surface area contributed by atoms with E-state index in [2.05, 4.69) is 29.5 Å². The van der Waals surface area contributed by atoms with Gasteiger partial charge in [-0.2, -0.15) is 0 Å². The van der Waals surface area contributed by atoms with Gasteiger partial charge in [0.25, 0.3) is 0 Å². The molecule has 122 valence electrons. The molecule has 2 aromatic rings. The van der Waals surface area contributed by atoms with Crippen LogP contribution in [0.3, 0.4) is 0 Å². The molecule has 0 saturated heterocycles. The van der Waals surface area contributed by atoms with Crippen molar-refractivity contribution in [1.82, 2.24) is 10.3 Å². The molecule has 0 radical (unpaired) electrons. The summed E-state index contributed by atoms with van der Waals surface area (Å²) in [7, 11) is 1.82. The van der Waals surface area contributed by atoms with Crippen LogP contribution in [-0.4, -0.2) is 24.0 Å². The highest BCUT2D eigenvalue weighted by Gasteiger charge is 2.17. The molecule has 2 N–H and O–H groups in total. The van der Waals surface area contributed by atoms with E-state index in [0.717, 1.165) is 22.9 Å². The third-order valence-electron chi connectivity index (χ3n) is 3.28. The summed E-state index contributed by atoms with van der Waals surface area (Å²) < 4.78 is 0. The van der Waals surface area contributed by atoms with E-state index in [1.807, 2.05) is 31.3 Å². The van der Waals surface area contributed by atoms with Crippen molar-refractivity contribution in [2.45, 2.75) is 26.3 Å². The lowest BCUT2D eigenvalue weighted by Crippen LogP contribution is -2.39. The summed E-state index contributed by atoms with van der Waals surface area (Å²) in [6, 6.07) is 7.64. The first-order chi connectivity index (χ1) is 9.60. The van der Waals surface area contributed by atoms with Crippen LogP contribution in [0.25, 0.3) is 10.8 Å². The molecule has 0 spiro atoms. The zero-order chi connectivity index (χ0) is 14.5. The smallest absolute Gasteiger partial charge is 0.241 e.